The third-order valence-corrected chi connectivity index (χ3v) is 5.13. The molecule has 0 aliphatic carbocycles. The van der Waals surface area contributed by atoms with E-state index in [9.17, 15) is 4.79 Å². The topological polar surface area (TPSA) is 32.3 Å². The SMILES string of the molecule is CC1CCN(c2ccc([C@H](C)NC(=O)/C=C/c3ccccc3)cc2)CC1. The zero-order valence-electron chi connectivity index (χ0n) is 15.7. The van der Waals surface area contributed by atoms with Gasteiger partial charge in [0.2, 0.25) is 5.91 Å². The number of hydrogen-bond acceptors (Lipinski definition) is 2. The molecule has 1 atom stereocenters. The van der Waals surface area contributed by atoms with E-state index in [1.165, 1.54) is 18.5 Å². The van der Waals surface area contributed by atoms with Gasteiger partial charge in [0.05, 0.1) is 6.04 Å². The molecule has 3 heteroatoms. The van der Waals surface area contributed by atoms with Crippen molar-refractivity contribution in [1.82, 2.24) is 5.32 Å². The number of benzene rings is 2. The van der Waals surface area contributed by atoms with Crippen LogP contribution in [0.1, 0.15) is 43.9 Å². The van der Waals surface area contributed by atoms with E-state index in [-0.39, 0.29) is 11.9 Å². The molecule has 3 rings (SSSR count). The van der Waals surface area contributed by atoms with Gasteiger partial charge in [-0.05, 0) is 55.0 Å². The minimum absolute atomic E-state index is 0.0154. The van der Waals surface area contributed by atoms with Gasteiger partial charge in [-0.1, -0.05) is 49.4 Å². The Bertz CT molecular complexity index is 729. The minimum Gasteiger partial charge on any atom is -0.372 e. The maximum atomic E-state index is 12.1. The molecule has 1 N–H and O–H groups in total. The predicted octanol–water partition coefficient (Wildman–Crippen LogP) is 4.81. The summed E-state index contributed by atoms with van der Waals surface area (Å²) in [5, 5.41) is 3.03. The van der Waals surface area contributed by atoms with Gasteiger partial charge in [-0.2, -0.15) is 0 Å². The van der Waals surface area contributed by atoms with Gasteiger partial charge in [0, 0.05) is 24.9 Å². The zero-order valence-corrected chi connectivity index (χ0v) is 15.7. The quantitative estimate of drug-likeness (QED) is 0.786. The van der Waals surface area contributed by atoms with Crippen LogP contribution < -0.4 is 10.2 Å². The van der Waals surface area contributed by atoms with Gasteiger partial charge in [-0.15, -0.1) is 0 Å². The van der Waals surface area contributed by atoms with Crippen LogP contribution in [-0.4, -0.2) is 19.0 Å². The molecule has 2 aromatic carbocycles. The van der Waals surface area contributed by atoms with E-state index in [0.717, 1.165) is 30.1 Å². The third-order valence-electron chi connectivity index (χ3n) is 5.13. The molecule has 136 valence electrons. The van der Waals surface area contributed by atoms with Crippen LogP contribution in [-0.2, 0) is 4.79 Å². The summed E-state index contributed by atoms with van der Waals surface area (Å²) in [5.74, 6) is 0.764. The van der Waals surface area contributed by atoms with Gasteiger partial charge < -0.3 is 10.2 Å². The van der Waals surface area contributed by atoms with Crippen molar-refractivity contribution >= 4 is 17.7 Å². The average molecular weight is 348 g/mol. The fraction of sp³-hybridized carbons (Fsp3) is 0.348. The molecule has 1 heterocycles. The van der Waals surface area contributed by atoms with Crippen LogP contribution in [0.5, 0.6) is 0 Å². The second-order valence-corrected chi connectivity index (χ2v) is 7.24. The minimum atomic E-state index is -0.0737. The molecular weight excluding hydrogens is 320 g/mol. The third kappa shape index (κ3) is 4.98. The zero-order chi connectivity index (χ0) is 18.4. The summed E-state index contributed by atoms with van der Waals surface area (Å²) in [6.07, 6.45) is 5.96. The molecule has 3 nitrogen and oxygen atoms in total. The fourth-order valence-corrected chi connectivity index (χ4v) is 3.32. The first kappa shape index (κ1) is 18.2. The number of piperidine rings is 1. The second-order valence-electron chi connectivity index (χ2n) is 7.24. The van der Waals surface area contributed by atoms with Crippen LogP contribution in [0.15, 0.2) is 60.7 Å². The first-order valence-electron chi connectivity index (χ1n) is 9.50. The van der Waals surface area contributed by atoms with Gasteiger partial charge in [-0.25, -0.2) is 0 Å². The van der Waals surface area contributed by atoms with Crippen LogP contribution in [0.3, 0.4) is 0 Å². The summed E-state index contributed by atoms with van der Waals surface area (Å²) in [5.41, 5.74) is 3.43. The lowest BCUT2D eigenvalue weighted by Crippen LogP contribution is -2.32. The number of nitrogens with one attached hydrogen (secondary N) is 1. The molecule has 1 aliphatic rings. The van der Waals surface area contributed by atoms with Crippen LogP contribution in [0.4, 0.5) is 5.69 Å². The first-order valence-corrected chi connectivity index (χ1v) is 9.50. The summed E-state index contributed by atoms with van der Waals surface area (Å²) >= 11 is 0. The van der Waals surface area contributed by atoms with Crippen molar-refractivity contribution < 1.29 is 4.79 Å². The Labute approximate surface area is 156 Å². The molecule has 0 bridgehead atoms. The van der Waals surface area contributed by atoms with Crippen molar-refractivity contribution in [1.29, 1.82) is 0 Å². The monoisotopic (exact) mass is 348 g/mol. The van der Waals surface area contributed by atoms with Crippen molar-refractivity contribution in [2.75, 3.05) is 18.0 Å². The van der Waals surface area contributed by atoms with Gasteiger partial charge in [0.25, 0.3) is 0 Å². The van der Waals surface area contributed by atoms with E-state index in [4.69, 9.17) is 0 Å². The average Bonchev–Trinajstić information content (AvgIpc) is 2.68. The standard InChI is InChI=1S/C23H28N2O/c1-18-14-16-25(17-15-18)22-11-9-21(10-12-22)19(2)24-23(26)13-8-20-6-4-3-5-7-20/h3-13,18-19H,14-17H2,1-2H3,(H,24,26)/b13-8+/t19-/m0/s1. The molecule has 1 saturated heterocycles. The van der Waals surface area contributed by atoms with Crippen molar-refractivity contribution in [2.45, 2.75) is 32.7 Å². The molecule has 2 aromatic rings. The van der Waals surface area contributed by atoms with Crippen molar-refractivity contribution in [2.24, 2.45) is 5.92 Å². The highest BCUT2D eigenvalue weighted by Gasteiger charge is 2.16. The Kier molecular flexibility index (Phi) is 6.11. The number of rotatable bonds is 5. The van der Waals surface area contributed by atoms with Crippen LogP contribution in [0.25, 0.3) is 6.08 Å². The fourth-order valence-electron chi connectivity index (χ4n) is 3.32. The van der Waals surface area contributed by atoms with E-state index < -0.39 is 0 Å². The smallest absolute Gasteiger partial charge is 0.244 e. The van der Waals surface area contributed by atoms with E-state index in [2.05, 4.69) is 41.4 Å². The van der Waals surface area contributed by atoms with Gasteiger partial charge in [0.1, 0.15) is 0 Å². The summed E-state index contributed by atoms with van der Waals surface area (Å²) < 4.78 is 0. The lowest BCUT2D eigenvalue weighted by Gasteiger charge is -2.32. The predicted molar refractivity (Wildman–Crippen MR) is 109 cm³/mol. The van der Waals surface area contributed by atoms with Gasteiger partial charge in [0.15, 0.2) is 0 Å². The molecule has 0 saturated carbocycles. The Balaban J connectivity index is 1.55. The van der Waals surface area contributed by atoms with Crippen LogP contribution in [0, 0.1) is 5.92 Å². The lowest BCUT2D eigenvalue weighted by molar-refractivity contribution is -0.117. The second kappa shape index (κ2) is 8.70. The van der Waals surface area contributed by atoms with E-state index in [1.807, 2.05) is 43.3 Å². The Hall–Kier alpha value is -2.55. The van der Waals surface area contributed by atoms with Crippen molar-refractivity contribution in [3.05, 3.63) is 71.8 Å². The Morgan fingerprint density at radius 1 is 1.08 bits per heavy atom. The normalized spacial score (nSPS) is 16.6. The Morgan fingerprint density at radius 3 is 2.38 bits per heavy atom. The summed E-state index contributed by atoms with van der Waals surface area (Å²) in [4.78, 5) is 14.6. The highest BCUT2D eigenvalue weighted by Crippen LogP contribution is 2.24. The molecule has 0 radical (unpaired) electrons. The Morgan fingerprint density at radius 2 is 1.73 bits per heavy atom. The maximum absolute atomic E-state index is 12.1. The number of amides is 1. The molecule has 1 fully saturated rings. The van der Waals surface area contributed by atoms with Crippen molar-refractivity contribution in [3.8, 4) is 0 Å². The number of hydrogen-bond donors (Lipinski definition) is 1. The highest BCUT2D eigenvalue weighted by atomic mass is 16.1. The molecule has 26 heavy (non-hydrogen) atoms. The van der Waals surface area contributed by atoms with Crippen molar-refractivity contribution in [3.63, 3.8) is 0 Å². The molecule has 0 unspecified atom stereocenters. The van der Waals surface area contributed by atoms with E-state index >= 15 is 0 Å². The number of carbonyl (C=O) groups excluding carboxylic acids is 1. The largest absolute Gasteiger partial charge is 0.372 e. The molecule has 0 aromatic heterocycles. The number of anilines is 1. The summed E-state index contributed by atoms with van der Waals surface area (Å²) in [6.45, 7) is 6.62. The molecule has 1 aliphatic heterocycles. The molecule has 0 spiro atoms. The van der Waals surface area contributed by atoms with Crippen LogP contribution >= 0.6 is 0 Å². The summed E-state index contributed by atoms with van der Waals surface area (Å²) in [6, 6.07) is 18.4. The maximum Gasteiger partial charge on any atom is 0.244 e. The number of carbonyl (C=O) groups is 1. The van der Waals surface area contributed by atoms with Crippen LogP contribution in [0.2, 0.25) is 0 Å². The first-order chi connectivity index (χ1) is 12.6. The number of nitrogens with zero attached hydrogens (tertiary/aromatic N) is 1. The highest BCUT2D eigenvalue weighted by molar-refractivity contribution is 5.91. The van der Waals surface area contributed by atoms with E-state index in [0.29, 0.717) is 0 Å². The molecular formula is C23H28N2O. The van der Waals surface area contributed by atoms with Gasteiger partial charge in [-0.3, -0.25) is 4.79 Å². The molecule has 1 amide bonds. The summed E-state index contributed by atoms with van der Waals surface area (Å²) in [7, 11) is 0. The van der Waals surface area contributed by atoms with E-state index in [1.54, 1.807) is 6.08 Å². The van der Waals surface area contributed by atoms with Gasteiger partial charge >= 0.3 is 0 Å². The lowest BCUT2D eigenvalue weighted by atomic mass is 9.98.